The maximum atomic E-state index is 13.2. The summed E-state index contributed by atoms with van der Waals surface area (Å²) in [6.45, 7) is 1.89. The molecule has 0 bridgehead atoms. The third kappa shape index (κ3) is 4.14. The van der Waals surface area contributed by atoms with E-state index in [9.17, 15) is 9.18 Å². The number of halogens is 2. The molecule has 0 saturated carbocycles. The van der Waals surface area contributed by atoms with Crippen molar-refractivity contribution in [2.45, 2.75) is 13.5 Å². The number of ether oxygens (including phenoxy) is 3. The summed E-state index contributed by atoms with van der Waals surface area (Å²) >= 11 is 6.05. The molecule has 0 unspecified atom stereocenters. The highest BCUT2D eigenvalue weighted by atomic mass is 35.5. The van der Waals surface area contributed by atoms with Crippen molar-refractivity contribution in [3.63, 3.8) is 0 Å². The van der Waals surface area contributed by atoms with Crippen molar-refractivity contribution >= 4 is 22.6 Å². The van der Waals surface area contributed by atoms with Crippen LogP contribution in [0.3, 0.4) is 0 Å². The van der Waals surface area contributed by atoms with E-state index in [4.69, 9.17) is 30.2 Å². The van der Waals surface area contributed by atoms with Crippen LogP contribution in [0.4, 0.5) is 4.39 Å². The van der Waals surface area contributed by atoms with Crippen LogP contribution in [0.25, 0.3) is 22.1 Å². The number of aryl methyl sites for hydroxylation is 1. The Morgan fingerprint density at radius 3 is 2.47 bits per heavy atom. The van der Waals surface area contributed by atoms with Gasteiger partial charge in [0.15, 0.2) is 11.5 Å². The van der Waals surface area contributed by atoms with E-state index in [1.165, 1.54) is 19.2 Å². The van der Waals surface area contributed by atoms with Crippen LogP contribution in [0.1, 0.15) is 11.3 Å². The van der Waals surface area contributed by atoms with Gasteiger partial charge in [-0.3, -0.25) is 4.79 Å². The van der Waals surface area contributed by atoms with Gasteiger partial charge in [-0.1, -0.05) is 23.7 Å². The fourth-order valence-corrected chi connectivity index (χ4v) is 3.72. The van der Waals surface area contributed by atoms with Crippen molar-refractivity contribution in [2.24, 2.45) is 0 Å². The first-order valence-electron chi connectivity index (χ1n) is 9.78. The van der Waals surface area contributed by atoms with Gasteiger partial charge in [-0.25, -0.2) is 4.39 Å². The second kappa shape index (κ2) is 8.93. The SMILES string of the molecule is COc1ccc(-c2c(C)oc3cc(OCc4ccc(F)cc4Cl)ccc3c2=O)cc1OC. The first-order valence-corrected chi connectivity index (χ1v) is 10.2. The Kier molecular flexibility index (Phi) is 6.06. The maximum absolute atomic E-state index is 13.2. The van der Waals surface area contributed by atoms with Gasteiger partial charge in [0.2, 0.25) is 5.43 Å². The zero-order valence-corrected chi connectivity index (χ0v) is 18.5. The molecule has 0 radical (unpaired) electrons. The molecule has 3 aromatic carbocycles. The van der Waals surface area contributed by atoms with Crippen LogP contribution in [0, 0.1) is 12.7 Å². The Balaban J connectivity index is 1.68. The molecule has 0 aliphatic heterocycles. The number of methoxy groups -OCH3 is 2. The molecule has 32 heavy (non-hydrogen) atoms. The van der Waals surface area contributed by atoms with Crippen LogP contribution in [0.5, 0.6) is 17.2 Å². The van der Waals surface area contributed by atoms with Crippen molar-refractivity contribution < 1.29 is 23.0 Å². The Labute approximate surface area is 188 Å². The van der Waals surface area contributed by atoms with Crippen LogP contribution in [-0.4, -0.2) is 14.2 Å². The van der Waals surface area contributed by atoms with Crippen LogP contribution in [0.15, 0.2) is 63.8 Å². The first-order chi connectivity index (χ1) is 15.4. The molecule has 0 fully saturated rings. The predicted octanol–water partition coefficient (Wildman–Crippen LogP) is 6.16. The largest absolute Gasteiger partial charge is 0.493 e. The first kappa shape index (κ1) is 21.7. The van der Waals surface area contributed by atoms with E-state index in [0.717, 1.165) is 0 Å². The van der Waals surface area contributed by atoms with Gasteiger partial charge < -0.3 is 18.6 Å². The third-order valence-electron chi connectivity index (χ3n) is 5.12. The van der Waals surface area contributed by atoms with Gasteiger partial charge in [-0.2, -0.15) is 0 Å². The average molecular weight is 455 g/mol. The van der Waals surface area contributed by atoms with E-state index in [-0.39, 0.29) is 17.1 Å². The van der Waals surface area contributed by atoms with Crippen molar-refractivity contribution in [3.05, 3.63) is 87.0 Å². The predicted molar refractivity (Wildman–Crippen MR) is 122 cm³/mol. The van der Waals surface area contributed by atoms with Crippen LogP contribution >= 0.6 is 11.6 Å². The standard InChI is InChI=1S/C25H20ClFO5/c1-14-24(15-5-9-21(29-2)23(10-15)30-3)25(28)19-8-7-18(12-22(19)32-14)31-13-16-4-6-17(27)11-20(16)26/h4-12H,13H2,1-3H3. The smallest absolute Gasteiger partial charge is 0.200 e. The number of hydrogen-bond donors (Lipinski definition) is 0. The van der Waals surface area contributed by atoms with Gasteiger partial charge in [-0.05, 0) is 48.9 Å². The Bertz CT molecular complexity index is 1360. The molecular weight excluding hydrogens is 435 g/mol. The molecule has 0 aliphatic rings. The molecule has 5 nitrogen and oxygen atoms in total. The van der Waals surface area contributed by atoms with Crippen LogP contribution < -0.4 is 19.6 Å². The van der Waals surface area contributed by atoms with E-state index >= 15 is 0 Å². The highest BCUT2D eigenvalue weighted by molar-refractivity contribution is 6.31. The molecule has 7 heteroatoms. The Morgan fingerprint density at radius 2 is 1.75 bits per heavy atom. The summed E-state index contributed by atoms with van der Waals surface area (Å²) in [5.74, 6) is 1.65. The summed E-state index contributed by atoms with van der Waals surface area (Å²) in [7, 11) is 3.09. The highest BCUT2D eigenvalue weighted by Crippen LogP contribution is 2.33. The molecule has 0 spiro atoms. The van der Waals surface area contributed by atoms with Crippen molar-refractivity contribution in [1.82, 2.24) is 0 Å². The summed E-state index contributed by atoms with van der Waals surface area (Å²) in [5.41, 5.74) is 2.01. The molecule has 0 aliphatic carbocycles. The van der Waals surface area contributed by atoms with E-state index in [2.05, 4.69) is 0 Å². The normalized spacial score (nSPS) is 10.9. The lowest BCUT2D eigenvalue weighted by atomic mass is 10.0. The molecule has 164 valence electrons. The van der Waals surface area contributed by atoms with E-state index < -0.39 is 5.82 Å². The van der Waals surface area contributed by atoms with Gasteiger partial charge in [0, 0.05) is 11.6 Å². The molecule has 1 heterocycles. The zero-order chi connectivity index (χ0) is 22.8. The second-order valence-electron chi connectivity index (χ2n) is 7.11. The summed E-state index contributed by atoms with van der Waals surface area (Å²) < 4.78 is 35.6. The molecule has 0 N–H and O–H groups in total. The lowest BCUT2D eigenvalue weighted by Gasteiger charge is -2.12. The maximum Gasteiger partial charge on any atom is 0.200 e. The molecule has 0 atom stereocenters. The number of hydrogen-bond acceptors (Lipinski definition) is 5. The summed E-state index contributed by atoms with van der Waals surface area (Å²) in [6, 6.07) is 14.4. The molecule has 4 aromatic rings. The Morgan fingerprint density at radius 1 is 0.969 bits per heavy atom. The minimum absolute atomic E-state index is 0.150. The topological polar surface area (TPSA) is 57.9 Å². The van der Waals surface area contributed by atoms with Gasteiger partial charge in [0.1, 0.15) is 29.5 Å². The highest BCUT2D eigenvalue weighted by Gasteiger charge is 2.16. The molecule has 0 saturated heterocycles. The fraction of sp³-hybridized carbons (Fsp3) is 0.160. The van der Waals surface area contributed by atoms with Crippen molar-refractivity contribution in [1.29, 1.82) is 0 Å². The van der Waals surface area contributed by atoms with Gasteiger partial charge in [0.05, 0.1) is 30.2 Å². The van der Waals surface area contributed by atoms with Gasteiger partial charge >= 0.3 is 0 Å². The van der Waals surface area contributed by atoms with E-state index in [0.29, 0.717) is 50.7 Å². The molecule has 4 rings (SSSR count). The summed E-state index contributed by atoms with van der Waals surface area (Å²) in [5, 5.41) is 0.709. The van der Waals surface area contributed by atoms with Gasteiger partial charge in [0.25, 0.3) is 0 Å². The fourth-order valence-electron chi connectivity index (χ4n) is 3.50. The lowest BCUT2D eigenvalue weighted by molar-refractivity contribution is 0.306. The number of fused-ring (bicyclic) bond motifs is 1. The average Bonchev–Trinajstić information content (AvgIpc) is 2.78. The minimum atomic E-state index is -0.410. The van der Waals surface area contributed by atoms with Gasteiger partial charge in [-0.15, -0.1) is 0 Å². The van der Waals surface area contributed by atoms with Crippen molar-refractivity contribution in [3.8, 4) is 28.4 Å². The Hall–Kier alpha value is -3.51. The molecule has 0 amide bonds. The lowest BCUT2D eigenvalue weighted by Crippen LogP contribution is -2.08. The summed E-state index contributed by atoms with van der Waals surface area (Å²) in [6.07, 6.45) is 0. The molecular formula is C25H20ClFO5. The van der Waals surface area contributed by atoms with E-state index in [1.54, 1.807) is 56.5 Å². The number of rotatable bonds is 6. The van der Waals surface area contributed by atoms with Crippen LogP contribution in [-0.2, 0) is 6.61 Å². The van der Waals surface area contributed by atoms with Crippen molar-refractivity contribution in [2.75, 3.05) is 14.2 Å². The monoisotopic (exact) mass is 454 g/mol. The van der Waals surface area contributed by atoms with E-state index in [1.807, 2.05) is 0 Å². The van der Waals surface area contributed by atoms with Crippen LogP contribution in [0.2, 0.25) is 5.02 Å². The summed E-state index contributed by atoms with van der Waals surface area (Å²) in [4.78, 5) is 13.2. The quantitative estimate of drug-likeness (QED) is 0.349. The third-order valence-corrected chi connectivity index (χ3v) is 5.47. The molecule has 1 aromatic heterocycles. The minimum Gasteiger partial charge on any atom is -0.493 e. The second-order valence-corrected chi connectivity index (χ2v) is 7.52. The zero-order valence-electron chi connectivity index (χ0n) is 17.7. The number of benzene rings is 3.